The Kier molecular flexibility index (Phi) is 3.27. The molecule has 94 valence electrons. The maximum Gasteiger partial charge on any atom is 0.280 e. The van der Waals surface area contributed by atoms with E-state index in [1.807, 2.05) is 6.92 Å². The van der Waals surface area contributed by atoms with Crippen molar-refractivity contribution < 1.29 is 4.79 Å². The molecule has 0 spiro atoms. The Balaban J connectivity index is 2.28. The van der Waals surface area contributed by atoms with Crippen LogP contribution in [0.3, 0.4) is 0 Å². The number of nitrogens with zero attached hydrogens (tertiary/aromatic N) is 4. The highest BCUT2D eigenvalue weighted by Gasteiger charge is 2.19. The summed E-state index contributed by atoms with van der Waals surface area (Å²) in [6.45, 7) is 2.61. The van der Waals surface area contributed by atoms with E-state index in [0.717, 1.165) is 0 Å². The van der Waals surface area contributed by atoms with E-state index < -0.39 is 0 Å². The first-order valence-corrected chi connectivity index (χ1v) is 5.64. The molecule has 18 heavy (non-hydrogen) atoms. The summed E-state index contributed by atoms with van der Waals surface area (Å²) >= 11 is 0. The summed E-state index contributed by atoms with van der Waals surface area (Å²) in [6, 6.07) is 3.57. The minimum atomic E-state index is -0.243. The van der Waals surface area contributed by atoms with E-state index in [9.17, 15) is 4.79 Å². The molecule has 0 aliphatic rings. The van der Waals surface area contributed by atoms with Crippen LogP contribution in [0.25, 0.3) is 0 Å². The number of anilines is 2. The minimum Gasteiger partial charge on any atom is -0.396 e. The van der Waals surface area contributed by atoms with Gasteiger partial charge in [-0.2, -0.15) is 5.10 Å². The standard InChI is InChI=1S/C12H15N5O/c1-3-17-8-10(13)11(15-17)12(18)16(2)9-5-4-6-14-7-9/h4-8H,3,13H2,1-2H3. The van der Waals surface area contributed by atoms with Gasteiger partial charge in [0.05, 0.1) is 17.6 Å². The molecule has 0 fully saturated rings. The van der Waals surface area contributed by atoms with Gasteiger partial charge in [0.15, 0.2) is 5.69 Å². The highest BCUT2D eigenvalue weighted by atomic mass is 16.2. The molecule has 6 nitrogen and oxygen atoms in total. The fourth-order valence-electron chi connectivity index (χ4n) is 1.59. The molecule has 1 amide bonds. The number of rotatable bonds is 3. The van der Waals surface area contributed by atoms with Crippen molar-refractivity contribution in [3.8, 4) is 0 Å². The maximum absolute atomic E-state index is 12.2. The lowest BCUT2D eigenvalue weighted by Crippen LogP contribution is -2.27. The van der Waals surface area contributed by atoms with Crippen molar-refractivity contribution in [1.29, 1.82) is 0 Å². The van der Waals surface area contributed by atoms with E-state index in [4.69, 9.17) is 5.73 Å². The number of nitrogen functional groups attached to an aromatic ring is 1. The SMILES string of the molecule is CCn1cc(N)c(C(=O)N(C)c2cccnc2)n1. The first-order valence-electron chi connectivity index (χ1n) is 5.64. The summed E-state index contributed by atoms with van der Waals surface area (Å²) in [5, 5.41) is 4.15. The van der Waals surface area contributed by atoms with Gasteiger partial charge in [-0.1, -0.05) is 0 Å². The number of hydrogen-bond acceptors (Lipinski definition) is 4. The Morgan fingerprint density at radius 1 is 1.56 bits per heavy atom. The monoisotopic (exact) mass is 245 g/mol. The van der Waals surface area contributed by atoms with Crippen LogP contribution in [-0.4, -0.2) is 27.7 Å². The molecule has 2 rings (SSSR count). The van der Waals surface area contributed by atoms with Crippen molar-refractivity contribution >= 4 is 17.3 Å². The fourth-order valence-corrected chi connectivity index (χ4v) is 1.59. The van der Waals surface area contributed by atoms with Gasteiger partial charge in [-0.05, 0) is 19.1 Å². The molecule has 0 bridgehead atoms. The predicted molar refractivity (Wildman–Crippen MR) is 69.3 cm³/mol. The highest BCUT2D eigenvalue weighted by Crippen LogP contribution is 2.16. The third-order valence-electron chi connectivity index (χ3n) is 2.65. The second-order valence-corrected chi connectivity index (χ2v) is 3.86. The summed E-state index contributed by atoms with van der Waals surface area (Å²) in [4.78, 5) is 17.7. The van der Waals surface area contributed by atoms with Gasteiger partial charge in [-0.25, -0.2) is 0 Å². The molecule has 2 aromatic rings. The van der Waals surface area contributed by atoms with Gasteiger partial charge in [-0.15, -0.1) is 0 Å². The second-order valence-electron chi connectivity index (χ2n) is 3.86. The summed E-state index contributed by atoms with van der Waals surface area (Å²) in [5.41, 5.74) is 7.14. The maximum atomic E-state index is 12.2. The van der Waals surface area contributed by atoms with Crippen molar-refractivity contribution in [2.24, 2.45) is 0 Å². The number of pyridine rings is 1. The third kappa shape index (κ3) is 2.17. The van der Waals surface area contributed by atoms with E-state index in [1.165, 1.54) is 4.90 Å². The van der Waals surface area contributed by atoms with E-state index in [2.05, 4.69) is 10.1 Å². The van der Waals surface area contributed by atoms with Gasteiger partial charge in [-0.3, -0.25) is 14.5 Å². The zero-order valence-electron chi connectivity index (χ0n) is 10.4. The molecule has 6 heteroatoms. The van der Waals surface area contributed by atoms with Gasteiger partial charge in [0, 0.05) is 26.0 Å². The van der Waals surface area contributed by atoms with Crippen LogP contribution in [0, 0.1) is 0 Å². The van der Waals surface area contributed by atoms with Crippen LogP contribution in [0.1, 0.15) is 17.4 Å². The number of amides is 1. The van der Waals surface area contributed by atoms with Crippen LogP contribution < -0.4 is 10.6 Å². The number of nitrogens with two attached hydrogens (primary N) is 1. The number of hydrogen-bond donors (Lipinski definition) is 1. The van der Waals surface area contributed by atoms with Crippen molar-refractivity contribution in [1.82, 2.24) is 14.8 Å². The molecule has 0 aliphatic heterocycles. The van der Waals surface area contributed by atoms with Gasteiger partial charge >= 0.3 is 0 Å². The average molecular weight is 245 g/mol. The van der Waals surface area contributed by atoms with Crippen molar-refractivity contribution in [3.63, 3.8) is 0 Å². The van der Waals surface area contributed by atoms with Gasteiger partial charge in [0.25, 0.3) is 5.91 Å². The minimum absolute atomic E-state index is 0.243. The fraction of sp³-hybridized carbons (Fsp3) is 0.250. The van der Waals surface area contributed by atoms with Crippen LogP contribution in [0.4, 0.5) is 11.4 Å². The number of carbonyl (C=O) groups excluding carboxylic acids is 1. The normalized spacial score (nSPS) is 10.3. The molecule has 0 aliphatic carbocycles. The van der Waals surface area contributed by atoms with E-state index in [-0.39, 0.29) is 11.6 Å². The first-order chi connectivity index (χ1) is 8.63. The molecule has 2 aromatic heterocycles. The Hall–Kier alpha value is -2.37. The van der Waals surface area contributed by atoms with Crippen molar-refractivity contribution in [3.05, 3.63) is 36.4 Å². The van der Waals surface area contributed by atoms with Crippen molar-refractivity contribution in [2.45, 2.75) is 13.5 Å². The molecular formula is C12H15N5O. The number of carbonyl (C=O) groups is 1. The Morgan fingerprint density at radius 3 is 2.89 bits per heavy atom. The van der Waals surface area contributed by atoms with E-state index in [1.54, 1.807) is 42.5 Å². The summed E-state index contributed by atoms with van der Waals surface area (Å²) in [7, 11) is 1.67. The Morgan fingerprint density at radius 2 is 2.33 bits per heavy atom. The van der Waals surface area contributed by atoms with Crippen LogP contribution in [-0.2, 0) is 6.54 Å². The molecule has 0 saturated carbocycles. The highest BCUT2D eigenvalue weighted by molar-refractivity contribution is 6.07. The second kappa shape index (κ2) is 4.87. The lowest BCUT2D eigenvalue weighted by atomic mass is 10.3. The van der Waals surface area contributed by atoms with Gasteiger partial charge in [0.1, 0.15) is 0 Å². The number of aromatic nitrogens is 3. The zero-order chi connectivity index (χ0) is 13.1. The zero-order valence-corrected chi connectivity index (χ0v) is 10.4. The van der Waals surface area contributed by atoms with Gasteiger partial charge in [0.2, 0.25) is 0 Å². The van der Waals surface area contributed by atoms with E-state index in [0.29, 0.717) is 17.9 Å². The number of aryl methyl sites for hydroxylation is 1. The van der Waals surface area contributed by atoms with Gasteiger partial charge < -0.3 is 10.6 Å². The van der Waals surface area contributed by atoms with Crippen LogP contribution in [0.15, 0.2) is 30.7 Å². The lowest BCUT2D eigenvalue weighted by Gasteiger charge is -2.15. The molecule has 0 unspecified atom stereocenters. The Labute approximate surface area is 105 Å². The van der Waals surface area contributed by atoms with Crippen LogP contribution in [0.5, 0.6) is 0 Å². The summed E-state index contributed by atoms with van der Waals surface area (Å²) in [5.74, 6) is -0.243. The lowest BCUT2D eigenvalue weighted by molar-refractivity contribution is 0.0988. The predicted octanol–water partition coefficient (Wildman–Crippen LogP) is 1.16. The van der Waals surface area contributed by atoms with Crippen molar-refractivity contribution in [2.75, 3.05) is 17.7 Å². The molecule has 0 radical (unpaired) electrons. The average Bonchev–Trinajstić information content (AvgIpc) is 2.79. The molecule has 2 N–H and O–H groups in total. The molecule has 0 aromatic carbocycles. The summed E-state index contributed by atoms with van der Waals surface area (Å²) in [6.07, 6.45) is 4.93. The summed E-state index contributed by atoms with van der Waals surface area (Å²) < 4.78 is 1.64. The molecule has 0 saturated heterocycles. The molecule has 2 heterocycles. The van der Waals surface area contributed by atoms with E-state index >= 15 is 0 Å². The molecule has 0 atom stereocenters. The Bertz CT molecular complexity index is 549. The largest absolute Gasteiger partial charge is 0.396 e. The third-order valence-corrected chi connectivity index (χ3v) is 2.65. The topological polar surface area (TPSA) is 77.0 Å². The smallest absolute Gasteiger partial charge is 0.280 e. The van der Waals surface area contributed by atoms with Crippen LogP contribution in [0.2, 0.25) is 0 Å². The first kappa shape index (κ1) is 12.1. The quantitative estimate of drug-likeness (QED) is 0.880. The van der Waals surface area contributed by atoms with Crippen LogP contribution >= 0.6 is 0 Å². The molecular weight excluding hydrogens is 230 g/mol.